The van der Waals surface area contributed by atoms with E-state index >= 15 is 0 Å². The Morgan fingerprint density at radius 3 is 2.37 bits per heavy atom. The van der Waals surface area contributed by atoms with Crippen LogP contribution in [0, 0.1) is 0 Å². The Morgan fingerprint density at radius 1 is 1.11 bits per heavy atom. The Morgan fingerprint density at radius 2 is 1.78 bits per heavy atom. The fraction of sp³-hybridized carbons (Fsp3) is 0.263. The third-order valence-electron chi connectivity index (χ3n) is 3.91. The van der Waals surface area contributed by atoms with Crippen molar-refractivity contribution >= 4 is 23.2 Å². The van der Waals surface area contributed by atoms with Crippen molar-refractivity contribution in [1.82, 2.24) is 14.5 Å². The quantitative estimate of drug-likeness (QED) is 0.662. The molecule has 0 amide bonds. The number of methoxy groups -OCH3 is 1. The first kappa shape index (κ1) is 19.3. The third-order valence-corrected chi connectivity index (χ3v) is 4.46. The number of imidazole rings is 1. The molecular weight excluding hydrogens is 389 g/mol. The largest absolute Gasteiger partial charge is 0.493 e. The number of hydrogen-bond acceptors (Lipinski definition) is 4. The third kappa shape index (κ3) is 3.96. The number of rotatable bonds is 4. The van der Waals surface area contributed by atoms with E-state index in [1.165, 1.54) is 17.7 Å². The zero-order chi connectivity index (χ0) is 19.8. The number of hydrogen-bond donors (Lipinski definition) is 1. The Bertz CT molecular complexity index is 1040. The van der Waals surface area contributed by atoms with Crippen molar-refractivity contribution in [3.05, 3.63) is 62.8 Å². The zero-order valence-electron chi connectivity index (χ0n) is 15.3. The topological polar surface area (TPSA) is 69.1 Å². The van der Waals surface area contributed by atoms with Crippen LogP contribution in [0.4, 0.5) is 0 Å². The highest BCUT2D eigenvalue weighted by molar-refractivity contribution is 6.36. The van der Waals surface area contributed by atoms with E-state index in [9.17, 15) is 4.79 Å². The van der Waals surface area contributed by atoms with E-state index < -0.39 is 0 Å². The summed E-state index contributed by atoms with van der Waals surface area (Å²) in [6.45, 7) is 5.99. The van der Waals surface area contributed by atoms with Crippen LogP contribution >= 0.6 is 23.2 Å². The van der Waals surface area contributed by atoms with Gasteiger partial charge in [0.05, 0.1) is 12.1 Å². The fourth-order valence-corrected chi connectivity index (χ4v) is 2.91. The molecule has 0 aliphatic rings. The molecule has 0 radical (unpaired) electrons. The Labute approximate surface area is 166 Å². The van der Waals surface area contributed by atoms with Gasteiger partial charge in [-0.2, -0.15) is 4.98 Å². The molecule has 8 heteroatoms. The van der Waals surface area contributed by atoms with E-state index in [0.717, 1.165) is 5.69 Å². The minimum atomic E-state index is -0.347. The van der Waals surface area contributed by atoms with Crippen molar-refractivity contribution in [2.24, 2.45) is 0 Å². The molecule has 0 unspecified atom stereocenters. The summed E-state index contributed by atoms with van der Waals surface area (Å²) in [6.07, 6.45) is 1.68. The Hall–Kier alpha value is -2.44. The molecule has 0 aliphatic heterocycles. The highest BCUT2D eigenvalue weighted by Gasteiger charge is 2.21. The molecule has 3 aromatic rings. The minimum absolute atomic E-state index is 0.117. The summed E-state index contributed by atoms with van der Waals surface area (Å²) in [7, 11) is 1.54. The maximum Gasteiger partial charge on any atom is 0.331 e. The normalized spacial score (nSPS) is 11.5. The minimum Gasteiger partial charge on any atom is -0.493 e. The number of aromatic nitrogens is 3. The predicted molar refractivity (Wildman–Crippen MR) is 106 cm³/mol. The molecule has 0 fully saturated rings. The number of nitrogens with zero attached hydrogens (tertiary/aromatic N) is 2. The van der Waals surface area contributed by atoms with E-state index in [1.54, 1.807) is 24.4 Å². The molecule has 2 aromatic heterocycles. The molecule has 3 rings (SSSR count). The molecule has 0 spiro atoms. The van der Waals surface area contributed by atoms with Gasteiger partial charge in [-0.05, 0) is 18.2 Å². The van der Waals surface area contributed by atoms with Crippen molar-refractivity contribution in [2.75, 3.05) is 7.11 Å². The summed E-state index contributed by atoms with van der Waals surface area (Å²) >= 11 is 12.5. The molecule has 0 bridgehead atoms. The van der Waals surface area contributed by atoms with Gasteiger partial charge in [-0.15, -0.1) is 0 Å². The molecule has 142 valence electrons. The van der Waals surface area contributed by atoms with Crippen molar-refractivity contribution < 1.29 is 9.47 Å². The molecule has 0 atom stereocenters. The smallest absolute Gasteiger partial charge is 0.331 e. The number of halogens is 2. The van der Waals surface area contributed by atoms with Crippen LogP contribution in [0.3, 0.4) is 0 Å². The van der Waals surface area contributed by atoms with Crippen molar-refractivity contribution in [3.8, 4) is 23.2 Å². The molecule has 6 nitrogen and oxygen atoms in total. The fourth-order valence-electron chi connectivity index (χ4n) is 2.42. The second kappa shape index (κ2) is 7.29. The summed E-state index contributed by atoms with van der Waals surface area (Å²) in [5.41, 5.74) is 0.174. The van der Waals surface area contributed by atoms with Crippen LogP contribution in [-0.4, -0.2) is 21.6 Å². The molecular formula is C19H19Cl2N3O3. The number of pyridine rings is 1. The summed E-state index contributed by atoms with van der Waals surface area (Å²) in [5, 5.41) is 0.447. The average Bonchev–Trinajstić information content (AvgIpc) is 2.99. The first-order chi connectivity index (χ1) is 12.7. The molecule has 2 heterocycles. The van der Waals surface area contributed by atoms with Gasteiger partial charge in [-0.25, -0.2) is 9.36 Å². The first-order valence-electron chi connectivity index (χ1n) is 8.20. The van der Waals surface area contributed by atoms with E-state index in [2.05, 4.69) is 9.97 Å². The molecule has 1 N–H and O–H groups in total. The van der Waals surface area contributed by atoms with Crippen LogP contribution < -0.4 is 15.2 Å². The number of ether oxygens (including phenoxy) is 2. The second-order valence-corrected chi connectivity index (χ2v) is 7.74. The van der Waals surface area contributed by atoms with Crippen LogP contribution in [0.5, 0.6) is 17.4 Å². The summed E-state index contributed by atoms with van der Waals surface area (Å²) in [4.78, 5) is 19.6. The van der Waals surface area contributed by atoms with Gasteiger partial charge >= 0.3 is 5.69 Å². The predicted octanol–water partition coefficient (Wildman–Crippen LogP) is 4.97. The Kier molecular flexibility index (Phi) is 5.22. The lowest BCUT2D eigenvalue weighted by molar-refractivity contribution is 0.374. The monoisotopic (exact) mass is 407 g/mol. The van der Waals surface area contributed by atoms with Gasteiger partial charge in [0.2, 0.25) is 5.88 Å². The molecule has 27 heavy (non-hydrogen) atoms. The van der Waals surface area contributed by atoms with Crippen molar-refractivity contribution in [2.45, 2.75) is 26.2 Å². The van der Waals surface area contributed by atoms with Crippen LogP contribution in [0.15, 0.2) is 41.3 Å². The first-order valence-corrected chi connectivity index (χ1v) is 8.95. The van der Waals surface area contributed by atoms with Gasteiger partial charge in [0.15, 0.2) is 17.3 Å². The van der Waals surface area contributed by atoms with Crippen LogP contribution in [0.1, 0.15) is 26.5 Å². The van der Waals surface area contributed by atoms with Crippen molar-refractivity contribution in [1.29, 1.82) is 0 Å². The second-order valence-electron chi connectivity index (χ2n) is 6.93. The number of para-hydroxylation sites is 2. The number of H-pyrrole nitrogens is 1. The highest BCUT2D eigenvalue weighted by Crippen LogP contribution is 2.36. The van der Waals surface area contributed by atoms with Gasteiger partial charge in [0, 0.05) is 17.3 Å². The SMILES string of the molecule is COc1ccccc1Oc1nc(-n2cc(C(C)(C)C)[nH]c2=O)c(Cl)cc1Cl. The van der Waals surface area contributed by atoms with Crippen LogP contribution in [0.2, 0.25) is 10.0 Å². The van der Waals surface area contributed by atoms with Crippen molar-refractivity contribution in [3.63, 3.8) is 0 Å². The van der Waals surface area contributed by atoms with Gasteiger partial charge < -0.3 is 14.5 Å². The van der Waals surface area contributed by atoms with Crippen LogP contribution in [0.25, 0.3) is 5.82 Å². The standard InChI is InChI=1S/C19H19Cl2N3O3/c1-19(2,3)15-10-24(18(25)22-15)16-11(20)9-12(21)17(23-16)27-14-8-6-5-7-13(14)26-4/h5-10H,1-4H3,(H,22,25). The molecule has 0 saturated carbocycles. The maximum atomic E-state index is 12.4. The summed E-state index contributed by atoms with van der Waals surface area (Å²) in [5.74, 6) is 1.31. The van der Waals surface area contributed by atoms with Gasteiger partial charge in [0.25, 0.3) is 0 Å². The zero-order valence-corrected chi connectivity index (χ0v) is 16.9. The van der Waals surface area contributed by atoms with Gasteiger partial charge in [-0.1, -0.05) is 56.1 Å². The van der Waals surface area contributed by atoms with Crippen LogP contribution in [-0.2, 0) is 5.41 Å². The van der Waals surface area contributed by atoms with E-state index in [0.29, 0.717) is 11.5 Å². The lowest BCUT2D eigenvalue weighted by Crippen LogP contribution is -2.17. The number of nitrogens with one attached hydrogen (secondary N) is 1. The maximum absolute atomic E-state index is 12.4. The number of aromatic amines is 1. The lowest BCUT2D eigenvalue weighted by Gasteiger charge is -2.15. The average molecular weight is 408 g/mol. The number of benzene rings is 1. The van der Waals surface area contributed by atoms with E-state index in [1.807, 2.05) is 26.8 Å². The van der Waals surface area contributed by atoms with Gasteiger partial charge in [0.1, 0.15) is 5.02 Å². The molecule has 1 aromatic carbocycles. The highest BCUT2D eigenvalue weighted by atomic mass is 35.5. The van der Waals surface area contributed by atoms with E-state index in [4.69, 9.17) is 32.7 Å². The molecule has 0 saturated heterocycles. The summed E-state index contributed by atoms with van der Waals surface area (Å²) < 4.78 is 12.4. The van der Waals surface area contributed by atoms with Gasteiger partial charge in [-0.3, -0.25) is 0 Å². The lowest BCUT2D eigenvalue weighted by atomic mass is 9.93. The van der Waals surface area contributed by atoms with E-state index in [-0.39, 0.29) is 32.8 Å². The molecule has 0 aliphatic carbocycles. The Balaban J connectivity index is 2.08. The summed E-state index contributed by atoms with van der Waals surface area (Å²) in [6, 6.07) is 8.60.